The van der Waals surface area contributed by atoms with Gasteiger partial charge in [0.25, 0.3) is 5.69 Å². The van der Waals surface area contributed by atoms with Crippen molar-refractivity contribution in [1.29, 1.82) is 0 Å². The molecule has 6 heteroatoms. The number of hydrogen-bond acceptors (Lipinski definition) is 4. The van der Waals surface area contributed by atoms with Crippen LogP contribution in [0.1, 0.15) is 11.1 Å². The van der Waals surface area contributed by atoms with Crippen LogP contribution in [0.4, 0.5) is 5.69 Å². The zero-order valence-corrected chi connectivity index (χ0v) is 10.6. The quantitative estimate of drug-likeness (QED) is 0.443. The highest BCUT2D eigenvalue weighted by atomic mass is 32.2. The van der Waals surface area contributed by atoms with Gasteiger partial charge in [0.2, 0.25) is 0 Å². The predicted octanol–water partition coefficient (Wildman–Crippen LogP) is 2.35. The zero-order chi connectivity index (χ0) is 12.0. The molecule has 0 aliphatic carbocycles. The Bertz CT molecular complexity index is 518. The number of fused-ring (bicyclic) bond motifs is 2. The maximum atomic E-state index is 10.7. The van der Waals surface area contributed by atoms with Gasteiger partial charge in [0.1, 0.15) is 4.32 Å². The van der Waals surface area contributed by atoms with Crippen LogP contribution in [0.2, 0.25) is 0 Å². The summed E-state index contributed by atoms with van der Waals surface area (Å²) in [7, 11) is 0. The molecule has 88 valence electrons. The molecule has 2 heterocycles. The van der Waals surface area contributed by atoms with Crippen molar-refractivity contribution in [3.8, 4) is 0 Å². The molecule has 1 aromatic carbocycles. The minimum atomic E-state index is -0.333. The van der Waals surface area contributed by atoms with E-state index in [1.165, 1.54) is 0 Å². The van der Waals surface area contributed by atoms with Gasteiger partial charge in [0.15, 0.2) is 0 Å². The lowest BCUT2D eigenvalue weighted by Crippen LogP contribution is -2.38. The fourth-order valence-corrected chi connectivity index (χ4v) is 3.79. The minimum Gasteiger partial charge on any atom is -0.349 e. The van der Waals surface area contributed by atoms with Gasteiger partial charge in [-0.15, -0.1) is 0 Å². The topological polar surface area (TPSA) is 46.4 Å². The van der Waals surface area contributed by atoms with Crippen LogP contribution in [0.15, 0.2) is 18.2 Å². The van der Waals surface area contributed by atoms with E-state index in [9.17, 15) is 10.1 Å². The van der Waals surface area contributed by atoms with Crippen molar-refractivity contribution in [3.05, 3.63) is 39.4 Å². The normalized spacial score (nSPS) is 22.2. The largest absolute Gasteiger partial charge is 0.349 e. The number of non-ortho nitro benzene ring substituents is 1. The summed E-state index contributed by atoms with van der Waals surface area (Å²) in [6.45, 7) is 0.795. The van der Waals surface area contributed by atoms with Crippen LogP contribution in [0.25, 0.3) is 0 Å². The fraction of sp³-hybridized carbons (Fsp3) is 0.364. The van der Waals surface area contributed by atoms with E-state index < -0.39 is 0 Å². The van der Waals surface area contributed by atoms with Gasteiger partial charge < -0.3 is 4.90 Å². The molecule has 4 nitrogen and oxygen atoms in total. The van der Waals surface area contributed by atoms with E-state index in [-0.39, 0.29) is 10.6 Å². The molecule has 1 fully saturated rings. The summed E-state index contributed by atoms with van der Waals surface area (Å²) >= 11 is 7.00. The molecule has 2 aliphatic heterocycles. The van der Waals surface area contributed by atoms with Crippen molar-refractivity contribution in [3.63, 3.8) is 0 Å². The van der Waals surface area contributed by atoms with E-state index in [0.29, 0.717) is 6.04 Å². The third-order valence-electron chi connectivity index (χ3n) is 3.27. The molecule has 3 rings (SSSR count). The summed E-state index contributed by atoms with van der Waals surface area (Å²) in [4.78, 5) is 12.6. The number of hydrogen-bond donors (Lipinski definition) is 0. The van der Waals surface area contributed by atoms with Crippen molar-refractivity contribution in [2.45, 2.75) is 19.0 Å². The van der Waals surface area contributed by atoms with Gasteiger partial charge in [0.05, 0.1) is 4.92 Å². The monoisotopic (exact) mass is 266 g/mol. The molecule has 0 amide bonds. The predicted molar refractivity (Wildman–Crippen MR) is 71.2 cm³/mol. The van der Waals surface area contributed by atoms with Crippen LogP contribution < -0.4 is 0 Å². The highest BCUT2D eigenvalue weighted by Crippen LogP contribution is 2.34. The second-order valence-corrected chi connectivity index (χ2v) is 5.93. The van der Waals surface area contributed by atoms with Gasteiger partial charge in [0, 0.05) is 30.5 Å². The molecule has 0 radical (unpaired) electrons. The highest BCUT2D eigenvalue weighted by molar-refractivity contribution is 8.23. The number of rotatable bonds is 1. The van der Waals surface area contributed by atoms with Crippen LogP contribution in [0.3, 0.4) is 0 Å². The highest BCUT2D eigenvalue weighted by Gasteiger charge is 2.33. The number of thiocarbonyl (C=S) groups is 1. The van der Waals surface area contributed by atoms with Gasteiger partial charge >= 0.3 is 0 Å². The van der Waals surface area contributed by atoms with E-state index in [4.69, 9.17) is 12.2 Å². The standard InChI is InChI=1S/C11H10N2O2S2/c14-13(15)9-2-1-7-5-12-10(4-8(7)3-9)6-17-11(12)16/h1-3,10H,4-6H2. The maximum absolute atomic E-state index is 10.7. The summed E-state index contributed by atoms with van der Waals surface area (Å²) in [6, 6.07) is 5.56. The summed E-state index contributed by atoms with van der Waals surface area (Å²) in [6.07, 6.45) is 0.865. The number of benzene rings is 1. The Hall–Kier alpha value is -1.14. The third kappa shape index (κ3) is 1.81. The molecule has 1 unspecified atom stereocenters. The Labute approximate surface area is 108 Å². The lowest BCUT2D eigenvalue weighted by molar-refractivity contribution is -0.384. The summed E-state index contributed by atoms with van der Waals surface area (Å²) < 4.78 is 0.957. The molecule has 0 bridgehead atoms. The van der Waals surface area contributed by atoms with E-state index >= 15 is 0 Å². The van der Waals surface area contributed by atoms with Gasteiger partial charge in [-0.1, -0.05) is 30.0 Å². The summed E-state index contributed by atoms with van der Waals surface area (Å²) in [5.41, 5.74) is 2.45. The van der Waals surface area contributed by atoms with E-state index in [2.05, 4.69) is 4.90 Å². The van der Waals surface area contributed by atoms with Crippen molar-refractivity contribution < 1.29 is 4.92 Å². The lowest BCUT2D eigenvalue weighted by Gasteiger charge is -2.31. The average molecular weight is 266 g/mol. The van der Waals surface area contributed by atoms with Gasteiger partial charge in [-0.3, -0.25) is 10.1 Å². The van der Waals surface area contributed by atoms with Crippen molar-refractivity contribution in [2.75, 3.05) is 5.75 Å². The second kappa shape index (κ2) is 3.96. The number of nitrogens with zero attached hydrogens (tertiary/aromatic N) is 2. The van der Waals surface area contributed by atoms with Crippen LogP contribution in [0.5, 0.6) is 0 Å². The van der Waals surface area contributed by atoms with Crippen LogP contribution in [-0.2, 0) is 13.0 Å². The number of nitro groups is 1. The summed E-state index contributed by atoms with van der Waals surface area (Å²) in [5, 5.41) is 10.7. The molecular weight excluding hydrogens is 256 g/mol. The second-order valence-electron chi connectivity index (χ2n) is 4.27. The molecule has 0 N–H and O–H groups in total. The van der Waals surface area contributed by atoms with Crippen molar-refractivity contribution in [1.82, 2.24) is 4.90 Å². The van der Waals surface area contributed by atoms with E-state index in [1.807, 2.05) is 6.07 Å². The van der Waals surface area contributed by atoms with Gasteiger partial charge in [-0.05, 0) is 17.5 Å². The SMILES string of the molecule is O=[N+]([O-])c1ccc2c(c1)CC1CSC(=S)N1C2. The molecule has 17 heavy (non-hydrogen) atoms. The Morgan fingerprint density at radius 3 is 3.06 bits per heavy atom. The Morgan fingerprint density at radius 2 is 2.29 bits per heavy atom. The molecule has 0 aromatic heterocycles. The number of nitro benzene ring substituents is 1. The van der Waals surface area contributed by atoms with Gasteiger partial charge in [-0.25, -0.2) is 0 Å². The fourth-order valence-electron chi connectivity index (χ4n) is 2.36. The Kier molecular flexibility index (Phi) is 2.56. The van der Waals surface area contributed by atoms with Crippen LogP contribution in [-0.4, -0.2) is 25.9 Å². The van der Waals surface area contributed by atoms with Crippen molar-refractivity contribution >= 4 is 34.0 Å². The van der Waals surface area contributed by atoms with Crippen LogP contribution >= 0.6 is 24.0 Å². The molecule has 2 aliphatic rings. The smallest absolute Gasteiger partial charge is 0.269 e. The molecule has 1 saturated heterocycles. The number of thioether (sulfide) groups is 1. The lowest BCUT2D eigenvalue weighted by atomic mass is 9.95. The molecule has 0 spiro atoms. The zero-order valence-electron chi connectivity index (χ0n) is 8.96. The summed E-state index contributed by atoms with van der Waals surface area (Å²) in [5.74, 6) is 1.00. The maximum Gasteiger partial charge on any atom is 0.269 e. The Balaban J connectivity index is 1.97. The van der Waals surface area contributed by atoms with Gasteiger partial charge in [-0.2, -0.15) is 0 Å². The van der Waals surface area contributed by atoms with Crippen LogP contribution in [0, 0.1) is 10.1 Å². The molecule has 0 saturated carbocycles. The van der Waals surface area contributed by atoms with E-state index in [1.54, 1.807) is 23.9 Å². The van der Waals surface area contributed by atoms with Crippen molar-refractivity contribution in [2.24, 2.45) is 0 Å². The average Bonchev–Trinajstić information content (AvgIpc) is 2.67. The first-order valence-corrected chi connectivity index (χ1v) is 6.74. The Morgan fingerprint density at radius 1 is 1.47 bits per heavy atom. The first-order chi connectivity index (χ1) is 8.15. The molecule has 1 aromatic rings. The first-order valence-electron chi connectivity index (χ1n) is 5.35. The minimum absolute atomic E-state index is 0.186. The molecule has 1 atom stereocenters. The van der Waals surface area contributed by atoms with E-state index in [0.717, 1.165) is 34.2 Å². The first kappa shape index (κ1) is 11.0. The third-order valence-corrected chi connectivity index (χ3v) is 4.89. The molecular formula is C11H10N2O2S2.